The van der Waals surface area contributed by atoms with E-state index in [0.717, 1.165) is 11.1 Å². The van der Waals surface area contributed by atoms with Gasteiger partial charge in [-0.3, -0.25) is 0 Å². The highest BCUT2D eigenvalue weighted by Crippen LogP contribution is 2.38. The van der Waals surface area contributed by atoms with Crippen LogP contribution in [0.2, 0.25) is 10.0 Å². The molecule has 2 N–H and O–H groups in total. The van der Waals surface area contributed by atoms with Gasteiger partial charge >= 0.3 is 5.97 Å². The number of ether oxygens (including phenoxy) is 3. The largest absolute Gasteiger partial charge is 0.495 e. The van der Waals surface area contributed by atoms with Crippen LogP contribution in [0.4, 0.5) is 5.69 Å². The molecule has 3 rings (SSSR count). The summed E-state index contributed by atoms with van der Waals surface area (Å²) in [5.41, 5.74) is 2.38. The molecule has 3 aromatic carbocycles. The standard InChI is InChI=1S/C24H23Cl2NO5/c1-3-31-22-11-15(13-27-20-12-16(24(28)29)8-9-21(20)30-2)10-19(26)23(22)32-14-17-6-4-5-7-18(17)25/h4-12,27H,3,13-14H2,1-2H3,(H,28,29). The number of carboxylic acid groups (broad SMARTS) is 1. The normalized spacial score (nSPS) is 10.5. The number of carbonyl (C=O) groups is 1. The van der Waals surface area contributed by atoms with E-state index in [1.807, 2.05) is 31.2 Å². The van der Waals surface area contributed by atoms with Crippen LogP contribution in [0.3, 0.4) is 0 Å². The molecule has 0 atom stereocenters. The van der Waals surface area contributed by atoms with Crippen molar-refractivity contribution in [1.82, 2.24) is 0 Å². The second-order valence-corrected chi connectivity index (χ2v) is 7.61. The number of hydrogen-bond acceptors (Lipinski definition) is 5. The number of halogens is 2. The van der Waals surface area contributed by atoms with Gasteiger partial charge in [-0.2, -0.15) is 0 Å². The molecular weight excluding hydrogens is 453 g/mol. The molecule has 0 radical (unpaired) electrons. The van der Waals surface area contributed by atoms with Crippen LogP contribution < -0.4 is 19.5 Å². The SMILES string of the molecule is CCOc1cc(CNc2cc(C(=O)O)ccc2OC)cc(Cl)c1OCc1ccccc1Cl. The maximum absolute atomic E-state index is 11.3. The maximum atomic E-state index is 11.3. The molecule has 6 nitrogen and oxygen atoms in total. The number of benzene rings is 3. The van der Waals surface area contributed by atoms with Gasteiger partial charge in [0.15, 0.2) is 11.5 Å². The molecule has 0 amide bonds. The zero-order valence-corrected chi connectivity index (χ0v) is 19.2. The first-order valence-electron chi connectivity index (χ1n) is 9.89. The minimum Gasteiger partial charge on any atom is -0.495 e. The van der Waals surface area contributed by atoms with Crippen molar-refractivity contribution in [3.8, 4) is 17.2 Å². The van der Waals surface area contributed by atoms with Gasteiger partial charge in [0.05, 0.1) is 30.0 Å². The van der Waals surface area contributed by atoms with Gasteiger partial charge in [-0.15, -0.1) is 0 Å². The van der Waals surface area contributed by atoms with Gasteiger partial charge < -0.3 is 24.6 Å². The fourth-order valence-corrected chi connectivity index (χ4v) is 3.55. The molecule has 0 unspecified atom stereocenters. The van der Waals surface area contributed by atoms with Crippen LogP contribution >= 0.6 is 23.2 Å². The molecule has 0 bridgehead atoms. The van der Waals surface area contributed by atoms with E-state index in [-0.39, 0.29) is 12.2 Å². The van der Waals surface area contributed by atoms with Crippen molar-refractivity contribution in [1.29, 1.82) is 0 Å². The molecular formula is C24H23Cl2NO5. The lowest BCUT2D eigenvalue weighted by Gasteiger charge is -2.17. The first kappa shape index (κ1) is 23.6. The topological polar surface area (TPSA) is 77.0 Å². The summed E-state index contributed by atoms with van der Waals surface area (Å²) in [5.74, 6) is 0.459. The smallest absolute Gasteiger partial charge is 0.335 e. The second-order valence-electron chi connectivity index (χ2n) is 6.79. The van der Waals surface area contributed by atoms with Crippen LogP contribution in [-0.2, 0) is 13.2 Å². The highest BCUT2D eigenvalue weighted by molar-refractivity contribution is 6.32. The minimum atomic E-state index is -1.02. The Morgan fingerprint density at radius 2 is 1.78 bits per heavy atom. The highest BCUT2D eigenvalue weighted by atomic mass is 35.5. The molecule has 168 valence electrons. The number of aromatic carboxylic acids is 1. The van der Waals surface area contributed by atoms with E-state index in [1.54, 1.807) is 18.2 Å². The Labute approximate surface area is 196 Å². The van der Waals surface area contributed by atoms with Crippen molar-refractivity contribution in [2.24, 2.45) is 0 Å². The summed E-state index contributed by atoms with van der Waals surface area (Å²) in [5, 5.41) is 13.4. The molecule has 0 heterocycles. The number of rotatable bonds is 10. The summed E-state index contributed by atoms with van der Waals surface area (Å²) >= 11 is 12.7. The zero-order valence-electron chi connectivity index (χ0n) is 17.7. The fourth-order valence-electron chi connectivity index (χ4n) is 3.07. The van der Waals surface area contributed by atoms with E-state index >= 15 is 0 Å². The van der Waals surface area contributed by atoms with Crippen LogP contribution in [0, 0.1) is 0 Å². The number of hydrogen-bond donors (Lipinski definition) is 2. The molecule has 0 fully saturated rings. The average Bonchev–Trinajstić information content (AvgIpc) is 2.78. The number of nitrogens with one attached hydrogen (secondary N) is 1. The first-order valence-corrected chi connectivity index (χ1v) is 10.6. The molecule has 3 aromatic rings. The van der Waals surface area contributed by atoms with E-state index in [2.05, 4.69) is 5.32 Å². The minimum absolute atomic E-state index is 0.157. The van der Waals surface area contributed by atoms with Crippen LogP contribution in [0.25, 0.3) is 0 Å². The summed E-state index contributed by atoms with van der Waals surface area (Å²) < 4.78 is 17.0. The Balaban J connectivity index is 1.81. The van der Waals surface area contributed by atoms with Crippen molar-refractivity contribution in [2.45, 2.75) is 20.1 Å². The third-order valence-electron chi connectivity index (χ3n) is 4.63. The van der Waals surface area contributed by atoms with Gasteiger partial charge in [-0.25, -0.2) is 4.79 Å². The summed E-state index contributed by atoms with van der Waals surface area (Å²) in [7, 11) is 1.52. The van der Waals surface area contributed by atoms with Crippen molar-refractivity contribution in [2.75, 3.05) is 19.0 Å². The van der Waals surface area contributed by atoms with E-state index in [0.29, 0.717) is 46.1 Å². The Bertz CT molecular complexity index is 1100. The molecule has 8 heteroatoms. The molecule has 0 saturated carbocycles. The molecule has 0 aliphatic carbocycles. The van der Waals surface area contributed by atoms with Gasteiger partial charge in [-0.05, 0) is 48.9 Å². The lowest BCUT2D eigenvalue weighted by atomic mass is 10.1. The number of methoxy groups -OCH3 is 1. The summed E-state index contributed by atoms with van der Waals surface area (Å²) in [6, 6.07) is 15.6. The molecule has 0 aliphatic heterocycles. The maximum Gasteiger partial charge on any atom is 0.335 e. The van der Waals surface area contributed by atoms with Crippen LogP contribution in [-0.4, -0.2) is 24.8 Å². The van der Waals surface area contributed by atoms with E-state index in [9.17, 15) is 9.90 Å². The second kappa shape index (κ2) is 11.0. The molecule has 0 spiro atoms. The first-order chi connectivity index (χ1) is 15.4. The summed E-state index contributed by atoms with van der Waals surface area (Å²) in [6.07, 6.45) is 0. The average molecular weight is 476 g/mol. The van der Waals surface area contributed by atoms with E-state index < -0.39 is 5.97 Å². The predicted molar refractivity (Wildman–Crippen MR) is 126 cm³/mol. The Morgan fingerprint density at radius 1 is 1.00 bits per heavy atom. The monoisotopic (exact) mass is 475 g/mol. The van der Waals surface area contributed by atoms with E-state index in [1.165, 1.54) is 19.2 Å². The van der Waals surface area contributed by atoms with Crippen molar-refractivity contribution >= 4 is 34.9 Å². The van der Waals surface area contributed by atoms with Gasteiger partial charge in [0, 0.05) is 17.1 Å². The third-order valence-corrected chi connectivity index (χ3v) is 5.28. The molecule has 32 heavy (non-hydrogen) atoms. The molecule has 0 aliphatic rings. The Kier molecular flexibility index (Phi) is 8.09. The van der Waals surface area contributed by atoms with Gasteiger partial charge in [-0.1, -0.05) is 41.4 Å². The summed E-state index contributed by atoms with van der Waals surface area (Å²) in [6.45, 7) is 2.92. The lowest BCUT2D eigenvalue weighted by molar-refractivity contribution is 0.0697. The van der Waals surface area contributed by atoms with Crippen molar-refractivity contribution in [3.63, 3.8) is 0 Å². The van der Waals surface area contributed by atoms with Gasteiger partial charge in [0.2, 0.25) is 0 Å². The quantitative estimate of drug-likeness (QED) is 0.358. The Morgan fingerprint density at radius 3 is 2.47 bits per heavy atom. The molecule has 0 aromatic heterocycles. The van der Waals surface area contributed by atoms with Gasteiger partial charge in [0.25, 0.3) is 0 Å². The van der Waals surface area contributed by atoms with Crippen molar-refractivity contribution < 1.29 is 24.1 Å². The number of carboxylic acids is 1. The zero-order chi connectivity index (χ0) is 23.1. The molecule has 0 saturated heterocycles. The van der Waals surface area contributed by atoms with Gasteiger partial charge in [0.1, 0.15) is 12.4 Å². The lowest BCUT2D eigenvalue weighted by Crippen LogP contribution is -2.06. The fraction of sp³-hybridized carbons (Fsp3) is 0.208. The van der Waals surface area contributed by atoms with E-state index in [4.69, 9.17) is 37.4 Å². The summed E-state index contributed by atoms with van der Waals surface area (Å²) in [4.78, 5) is 11.3. The number of anilines is 1. The highest BCUT2D eigenvalue weighted by Gasteiger charge is 2.15. The Hall–Kier alpha value is -3.09. The van der Waals surface area contributed by atoms with Crippen LogP contribution in [0.15, 0.2) is 54.6 Å². The van der Waals surface area contributed by atoms with Crippen LogP contribution in [0.1, 0.15) is 28.4 Å². The van der Waals surface area contributed by atoms with Crippen LogP contribution in [0.5, 0.6) is 17.2 Å². The predicted octanol–water partition coefficient (Wildman–Crippen LogP) is 6.29. The van der Waals surface area contributed by atoms with Crippen molar-refractivity contribution in [3.05, 3.63) is 81.3 Å². The third kappa shape index (κ3) is 5.78.